The normalized spacial score (nSPS) is 20.6. The van der Waals surface area contributed by atoms with Crippen LogP contribution in [0.2, 0.25) is 0 Å². The second kappa shape index (κ2) is 9.17. The number of carbonyl (C=O) groups is 1. The third-order valence-corrected chi connectivity index (χ3v) is 8.66. The van der Waals surface area contributed by atoms with E-state index >= 15 is 0 Å². The highest BCUT2D eigenvalue weighted by molar-refractivity contribution is 7.86. The first kappa shape index (κ1) is 21.6. The van der Waals surface area contributed by atoms with Crippen molar-refractivity contribution in [1.82, 2.24) is 23.4 Å². The molecule has 0 unspecified atom stereocenters. The predicted octanol–water partition coefficient (Wildman–Crippen LogP) is 1.04. The summed E-state index contributed by atoms with van der Waals surface area (Å²) in [5, 5.41) is 1.01. The van der Waals surface area contributed by atoms with Crippen LogP contribution in [0.3, 0.4) is 0 Å². The minimum Gasteiger partial charge on any atom is -0.335 e. The van der Waals surface area contributed by atoms with E-state index < -0.39 is 10.2 Å². The van der Waals surface area contributed by atoms with E-state index in [0.717, 1.165) is 43.1 Å². The number of aryl methyl sites for hydroxylation is 2. The summed E-state index contributed by atoms with van der Waals surface area (Å²) >= 11 is 1.48. The zero-order chi connectivity index (χ0) is 20.3. The van der Waals surface area contributed by atoms with Gasteiger partial charge in [0.1, 0.15) is 4.88 Å². The number of carbonyl (C=O) groups excluding carboxylic acids is 1. The monoisotopic (exact) mass is 429 g/mol. The van der Waals surface area contributed by atoms with E-state index in [2.05, 4.69) is 16.8 Å². The van der Waals surface area contributed by atoms with Crippen molar-refractivity contribution < 1.29 is 13.2 Å². The summed E-state index contributed by atoms with van der Waals surface area (Å²) in [6.45, 7) is 8.13. The molecule has 2 aliphatic rings. The van der Waals surface area contributed by atoms with Crippen molar-refractivity contribution in [3.05, 3.63) is 15.6 Å². The predicted molar refractivity (Wildman–Crippen MR) is 111 cm³/mol. The van der Waals surface area contributed by atoms with E-state index in [4.69, 9.17) is 0 Å². The lowest BCUT2D eigenvalue weighted by atomic mass is 10.2. The second-order valence-electron chi connectivity index (χ2n) is 7.53. The van der Waals surface area contributed by atoms with Gasteiger partial charge in [0.05, 0.1) is 10.7 Å². The molecule has 28 heavy (non-hydrogen) atoms. The molecule has 0 saturated carbocycles. The number of rotatable bonds is 6. The summed E-state index contributed by atoms with van der Waals surface area (Å²) in [7, 11) is -1.44. The maximum Gasteiger partial charge on any atom is 0.282 e. The standard InChI is InChI=1S/C18H31N5O3S2/c1-4-5-6-16-19-15(2)17(27-16)18(24)21-9-13-23(14-10-21)28(25,26)22-11-7-20(3)8-12-22/h4-14H2,1-3H3. The minimum atomic E-state index is -3.44. The molecule has 0 aromatic carbocycles. The highest BCUT2D eigenvalue weighted by Gasteiger charge is 2.35. The minimum absolute atomic E-state index is 0.0191. The van der Waals surface area contributed by atoms with Gasteiger partial charge in [-0.05, 0) is 26.8 Å². The van der Waals surface area contributed by atoms with Crippen LogP contribution in [0.5, 0.6) is 0 Å². The summed E-state index contributed by atoms with van der Waals surface area (Å²) in [4.78, 5) is 22.0. The van der Waals surface area contributed by atoms with Crippen molar-refractivity contribution >= 4 is 27.5 Å². The van der Waals surface area contributed by atoms with Gasteiger partial charge >= 0.3 is 0 Å². The third kappa shape index (κ3) is 4.73. The van der Waals surface area contributed by atoms with Crippen molar-refractivity contribution in [2.24, 2.45) is 0 Å². The number of nitrogens with zero attached hydrogens (tertiary/aromatic N) is 5. The topological polar surface area (TPSA) is 77.1 Å². The zero-order valence-electron chi connectivity index (χ0n) is 17.1. The van der Waals surface area contributed by atoms with E-state index in [1.165, 1.54) is 15.6 Å². The average molecular weight is 430 g/mol. The molecular weight excluding hydrogens is 398 g/mol. The molecule has 3 heterocycles. The van der Waals surface area contributed by atoms with Gasteiger partial charge in [0.25, 0.3) is 16.1 Å². The lowest BCUT2D eigenvalue weighted by Crippen LogP contribution is -2.57. The van der Waals surface area contributed by atoms with Gasteiger partial charge in [-0.15, -0.1) is 11.3 Å². The first-order valence-corrected chi connectivity index (χ1v) is 12.2. The van der Waals surface area contributed by atoms with E-state index in [-0.39, 0.29) is 5.91 Å². The molecular formula is C18H31N5O3S2. The van der Waals surface area contributed by atoms with E-state index in [9.17, 15) is 13.2 Å². The van der Waals surface area contributed by atoms with Gasteiger partial charge in [0.15, 0.2) is 0 Å². The van der Waals surface area contributed by atoms with E-state index in [1.807, 2.05) is 14.0 Å². The molecule has 3 rings (SSSR count). The molecule has 0 N–H and O–H groups in total. The van der Waals surface area contributed by atoms with Crippen LogP contribution >= 0.6 is 11.3 Å². The van der Waals surface area contributed by atoms with Crippen LogP contribution < -0.4 is 0 Å². The van der Waals surface area contributed by atoms with E-state index in [1.54, 1.807) is 9.21 Å². The molecule has 1 aromatic rings. The lowest BCUT2D eigenvalue weighted by Gasteiger charge is -2.39. The Morgan fingerprint density at radius 1 is 1.04 bits per heavy atom. The fraction of sp³-hybridized carbons (Fsp3) is 0.778. The number of unbranched alkanes of at least 4 members (excludes halogenated alkanes) is 1. The molecule has 10 heteroatoms. The van der Waals surface area contributed by atoms with Crippen LogP contribution in [-0.2, 0) is 16.6 Å². The zero-order valence-corrected chi connectivity index (χ0v) is 18.7. The summed E-state index contributed by atoms with van der Waals surface area (Å²) in [5.74, 6) is -0.0191. The average Bonchev–Trinajstić information content (AvgIpc) is 3.06. The molecule has 0 radical (unpaired) electrons. The first-order valence-electron chi connectivity index (χ1n) is 10.0. The number of piperazine rings is 2. The van der Waals surface area contributed by atoms with Crippen LogP contribution in [-0.4, -0.2) is 97.1 Å². The SMILES string of the molecule is CCCCc1nc(C)c(C(=O)N2CCN(S(=O)(=O)N3CCN(C)CC3)CC2)s1. The Labute approximate surface area is 172 Å². The Kier molecular flexibility index (Phi) is 7.08. The molecule has 0 aliphatic carbocycles. The largest absolute Gasteiger partial charge is 0.335 e. The Morgan fingerprint density at radius 2 is 1.61 bits per heavy atom. The number of aromatic nitrogens is 1. The van der Waals surface area contributed by atoms with Crippen molar-refractivity contribution in [1.29, 1.82) is 0 Å². The van der Waals surface area contributed by atoms with Gasteiger partial charge in [-0.3, -0.25) is 4.79 Å². The number of likely N-dealkylation sites (N-methyl/N-ethyl adjacent to an activating group) is 1. The summed E-state index contributed by atoms with van der Waals surface area (Å²) < 4.78 is 28.8. The van der Waals surface area contributed by atoms with Crippen molar-refractivity contribution in [2.75, 3.05) is 59.4 Å². The maximum absolute atomic E-state index is 12.9. The van der Waals surface area contributed by atoms with Gasteiger partial charge in [-0.1, -0.05) is 13.3 Å². The molecule has 2 aliphatic heterocycles. The molecule has 1 amide bonds. The van der Waals surface area contributed by atoms with Crippen LogP contribution in [0, 0.1) is 6.92 Å². The van der Waals surface area contributed by atoms with Crippen molar-refractivity contribution in [3.63, 3.8) is 0 Å². The van der Waals surface area contributed by atoms with Gasteiger partial charge < -0.3 is 9.80 Å². The molecule has 0 spiro atoms. The van der Waals surface area contributed by atoms with Crippen LogP contribution in [0.25, 0.3) is 0 Å². The first-order chi connectivity index (χ1) is 13.3. The molecule has 0 atom stereocenters. The molecule has 2 saturated heterocycles. The van der Waals surface area contributed by atoms with E-state index in [0.29, 0.717) is 44.1 Å². The Balaban J connectivity index is 1.59. The number of hydrogen-bond acceptors (Lipinski definition) is 6. The highest BCUT2D eigenvalue weighted by Crippen LogP contribution is 2.23. The van der Waals surface area contributed by atoms with Crippen LogP contribution in [0.4, 0.5) is 0 Å². The fourth-order valence-corrected chi connectivity index (χ4v) is 6.18. The Bertz CT molecular complexity index is 779. The van der Waals surface area contributed by atoms with Crippen molar-refractivity contribution in [3.8, 4) is 0 Å². The summed E-state index contributed by atoms with van der Waals surface area (Å²) in [6, 6.07) is 0. The maximum atomic E-state index is 12.9. The number of amides is 1. The molecule has 8 nitrogen and oxygen atoms in total. The van der Waals surface area contributed by atoms with Gasteiger partial charge in [0, 0.05) is 52.4 Å². The third-order valence-electron chi connectivity index (χ3n) is 5.42. The molecule has 158 valence electrons. The Morgan fingerprint density at radius 3 is 2.18 bits per heavy atom. The molecule has 2 fully saturated rings. The molecule has 0 bridgehead atoms. The van der Waals surface area contributed by atoms with Gasteiger partial charge in [-0.2, -0.15) is 17.0 Å². The summed E-state index contributed by atoms with van der Waals surface area (Å²) in [5.41, 5.74) is 0.786. The number of hydrogen-bond donors (Lipinski definition) is 0. The quantitative estimate of drug-likeness (QED) is 0.675. The van der Waals surface area contributed by atoms with Crippen LogP contribution in [0.1, 0.15) is 40.1 Å². The molecule has 1 aromatic heterocycles. The number of thiazole rings is 1. The van der Waals surface area contributed by atoms with Gasteiger partial charge in [-0.25, -0.2) is 4.98 Å². The van der Waals surface area contributed by atoms with Gasteiger partial charge in [0.2, 0.25) is 0 Å². The Hall–Kier alpha value is -1.07. The lowest BCUT2D eigenvalue weighted by molar-refractivity contribution is 0.0696. The smallest absolute Gasteiger partial charge is 0.282 e. The summed E-state index contributed by atoms with van der Waals surface area (Å²) in [6.07, 6.45) is 3.08. The van der Waals surface area contributed by atoms with Crippen LogP contribution in [0.15, 0.2) is 0 Å². The highest BCUT2D eigenvalue weighted by atomic mass is 32.2. The van der Waals surface area contributed by atoms with Crippen molar-refractivity contribution in [2.45, 2.75) is 33.1 Å². The second-order valence-corrected chi connectivity index (χ2v) is 10.5. The fourth-order valence-electron chi connectivity index (χ4n) is 3.53.